The normalized spacial score (nSPS) is 13.5. The molecular formula is C24H24N6O3. The molecule has 33 heavy (non-hydrogen) atoms. The third-order valence-electron chi connectivity index (χ3n) is 5.98. The summed E-state index contributed by atoms with van der Waals surface area (Å²) in [5.74, 6) is 1.63. The van der Waals surface area contributed by atoms with Gasteiger partial charge in [0.25, 0.3) is 11.1 Å². The van der Waals surface area contributed by atoms with Crippen LogP contribution in [0.25, 0.3) is 22.2 Å². The van der Waals surface area contributed by atoms with Crippen LogP contribution in [0, 0.1) is 0 Å². The van der Waals surface area contributed by atoms with Crippen molar-refractivity contribution < 1.29 is 4.79 Å². The maximum atomic E-state index is 12.6. The average Bonchev–Trinajstić information content (AvgIpc) is 3.09. The second-order valence-corrected chi connectivity index (χ2v) is 8.22. The van der Waals surface area contributed by atoms with Crippen molar-refractivity contribution in [2.24, 2.45) is 0 Å². The zero-order valence-corrected chi connectivity index (χ0v) is 18.1. The van der Waals surface area contributed by atoms with Crippen LogP contribution in [-0.4, -0.2) is 30.5 Å². The minimum absolute atomic E-state index is 0.0492. The lowest BCUT2D eigenvalue weighted by atomic mass is 10.2. The molecule has 2 N–H and O–H groups in total. The predicted octanol–water partition coefficient (Wildman–Crippen LogP) is 2.70. The van der Waals surface area contributed by atoms with Crippen molar-refractivity contribution >= 4 is 22.4 Å². The van der Waals surface area contributed by atoms with E-state index in [1.807, 2.05) is 24.3 Å². The Labute approximate surface area is 189 Å². The van der Waals surface area contributed by atoms with Crippen LogP contribution < -0.4 is 16.4 Å². The Kier molecular flexibility index (Phi) is 5.60. The zero-order chi connectivity index (χ0) is 22.8. The van der Waals surface area contributed by atoms with Gasteiger partial charge in [-0.05, 0) is 49.2 Å². The van der Waals surface area contributed by atoms with Gasteiger partial charge in [0.15, 0.2) is 5.82 Å². The predicted molar refractivity (Wildman–Crippen MR) is 125 cm³/mol. The molecule has 1 aliphatic rings. The summed E-state index contributed by atoms with van der Waals surface area (Å²) in [6.07, 6.45) is 4.47. The maximum absolute atomic E-state index is 12.6. The van der Waals surface area contributed by atoms with E-state index in [0.717, 1.165) is 43.0 Å². The van der Waals surface area contributed by atoms with Gasteiger partial charge in [-0.1, -0.05) is 18.6 Å². The SMILES string of the molecule is O=C(CCn1[nH]c(=O)c2ccccc2c1=O)Nc1ccc(-c2nnc3n2CCCCC3)cc1. The molecule has 3 heterocycles. The van der Waals surface area contributed by atoms with E-state index in [9.17, 15) is 14.4 Å². The molecule has 0 fully saturated rings. The molecule has 0 bridgehead atoms. The lowest BCUT2D eigenvalue weighted by molar-refractivity contribution is -0.116. The van der Waals surface area contributed by atoms with Crippen LogP contribution in [0.1, 0.15) is 31.5 Å². The monoisotopic (exact) mass is 444 g/mol. The van der Waals surface area contributed by atoms with Crippen LogP contribution in [-0.2, 0) is 24.3 Å². The number of nitrogens with one attached hydrogen (secondary N) is 2. The Morgan fingerprint density at radius 2 is 1.76 bits per heavy atom. The number of rotatable bonds is 5. The molecule has 1 amide bonds. The van der Waals surface area contributed by atoms with Crippen LogP contribution in [0.3, 0.4) is 0 Å². The van der Waals surface area contributed by atoms with Gasteiger partial charge >= 0.3 is 0 Å². The summed E-state index contributed by atoms with van der Waals surface area (Å²) in [6, 6.07) is 14.1. The van der Waals surface area contributed by atoms with Crippen LogP contribution in [0.5, 0.6) is 0 Å². The molecule has 0 atom stereocenters. The van der Waals surface area contributed by atoms with Gasteiger partial charge in [-0.25, -0.2) is 4.68 Å². The molecule has 1 aliphatic heterocycles. The fourth-order valence-corrected chi connectivity index (χ4v) is 4.24. The second-order valence-electron chi connectivity index (χ2n) is 8.22. The molecule has 0 spiro atoms. The molecule has 0 unspecified atom stereocenters. The van der Waals surface area contributed by atoms with E-state index < -0.39 is 0 Å². The molecule has 2 aromatic carbocycles. The van der Waals surface area contributed by atoms with Crippen LogP contribution in [0.2, 0.25) is 0 Å². The first kappa shape index (κ1) is 20.9. The second kappa shape index (κ2) is 8.85. The fraction of sp³-hybridized carbons (Fsp3) is 0.292. The molecule has 0 saturated carbocycles. The van der Waals surface area contributed by atoms with Crippen molar-refractivity contribution in [1.29, 1.82) is 0 Å². The topological polar surface area (TPSA) is 115 Å². The van der Waals surface area contributed by atoms with Crippen molar-refractivity contribution in [2.75, 3.05) is 5.32 Å². The van der Waals surface area contributed by atoms with Crippen LogP contribution in [0.15, 0.2) is 58.1 Å². The van der Waals surface area contributed by atoms with Crippen LogP contribution >= 0.6 is 0 Å². The van der Waals surface area contributed by atoms with E-state index in [-0.39, 0.29) is 30.0 Å². The Morgan fingerprint density at radius 1 is 0.970 bits per heavy atom. The first-order chi connectivity index (χ1) is 16.1. The standard InChI is InChI=1S/C24H24N6O3/c31-21(13-15-30-24(33)19-7-4-3-6-18(19)23(32)28-30)25-17-11-9-16(10-12-17)22-27-26-20-8-2-1-5-14-29(20)22/h3-4,6-7,9-12H,1-2,5,8,13-15H2,(H,25,31)(H,28,32). The summed E-state index contributed by atoms with van der Waals surface area (Å²) in [7, 11) is 0. The summed E-state index contributed by atoms with van der Waals surface area (Å²) in [5.41, 5.74) is 0.926. The summed E-state index contributed by atoms with van der Waals surface area (Å²) >= 11 is 0. The Hall–Kier alpha value is -4.01. The lowest BCUT2D eigenvalue weighted by Crippen LogP contribution is -2.31. The molecule has 2 aromatic heterocycles. The number of carbonyl (C=O) groups excluding carboxylic acids is 1. The first-order valence-corrected chi connectivity index (χ1v) is 11.1. The van der Waals surface area contributed by atoms with E-state index in [4.69, 9.17) is 0 Å². The summed E-state index contributed by atoms with van der Waals surface area (Å²) < 4.78 is 3.37. The van der Waals surface area contributed by atoms with Crippen molar-refractivity contribution in [1.82, 2.24) is 24.5 Å². The number of hydrogen-bond acceptors (Lipinski definition) is 5. The van der Waals surface area contributed by atoms with E-state index >= 15 is 0 Å². The summed E-state index contributed by atoms with van der Waals surface area (Å²) in [4.78, 5) is 37.2. The first-order valence-electron chi connectivity index (χ1n) is 11.1. The number of hydrogen-bond donors (Lipinski definition) is 2. The highest BCUT2D eigenvalue weighted by Gasteiger charge is 2.16. The Morgan fingerprint density at radius 3 is 2.58 bits per heavy atom. The number of aromatic amines is 1. The van der Waals surface area contributed by atoms with Crippen LogP contribution in [0.4, 0.5) is 5.69 Å². The molecule has 5 rings (SSSR count). The number of aryl methyl sites for hydroxylation is 2. The van der Waals surface area contributed by atoms with Crippen molar-refractivity contribution in [3.63, 3.8) is 0 Å². The minimum atomic E-state index is -0.354. The van der Waals surface area contributed by atoms with E-state index in [1.54, 1.807) is 24.3 Å². The largest absolute Gasteiger partial charge is 0.326 e. The highest BCUT2D eigenvalue weighted by atomic mass is 16.2. The van der Waals surface area contributed by atoms with Crippen molar-refractivity contribution in [2.45, 2.75) is 45.2 Å². The fourth-order valence-electron chi connectivity index (χ4n) is 4.24. The zero-order valence-electron chi connectivity index (χ0n) is 18.1. The third kappa shape index (κ3) is 4.21. The number of nitrogens with zero attached hydrogens (tertiary/aromatic N) is 4. The number of benzene rings is 2. The van der Waals surface area contributed by atoms with Gasteiger partial charge in [0.1, 0.15) is 5.82 Å². The van der Waals surface area contributed by atoms with Gasteiger partial charge in [0.05, 0.1) is 17.3 Å². The third-order valence-corrected chi connectivity index (χ3v) is 5.98. The summed E-state index contributed by atoms with van der Waals surface area (Å²) in [5, 5.41) is 14.8. The Bertz CT molecular complexity index is 1430. The van der Waals surface area contributed by atoms with Crippen molar-refractivity contribution in [3.05, 3.63) is 75.1 Å². The van der Waals surface area contributed by atoms with Crippen molar-refractivity contribution in [3.8, 4) is 11.4 Å². The van der Waals surface area contributed by atoms with Gasteiger partial charge < -0.3 is 9.88 Å². The van der Waals surface area contributed by atoms with Gasteiger partial charge in [-0.15, -0.1) is 10.2 Å². The number of amides is 1. The Balaban J connectivity index is 1.26. The number of aromatic nitrogens is 5. The molecule has 9 nitrogen and oxygen atoms in total. The van der Waals surface area contributed by atoms with E-state index in [0.29, 0.717) is 16.5 Å². The molecule has 9 heteroatoms. The number of carbonyl (C=O) groups is 1. The molecule has 4 aromatic rings. The van der Waals surface area contributed by atoms with Gasteiger partial charge in [-0.3, -0.25) is 19.5 Å². The quantitative estimate of drug-likeness (QED) is 0.491. The highest BCUT2D eigenvalue weighted by Crippen LogP contribution is 2.24. The average molecular weight is 444 g/mol. The van der Waals surface area contributed by atoms with Gasteiger partial charge in [0, 0.05) is 30.6 Å². The molecular weight excluding hydrogens is 420 g/mol. The van der Waals surface area contributed by atoms with E-state index in [1.165, 1.54) is 11.1 Å². The number of anilines is 1. The number of H-pyrrole nitrogens is 1. The smallest absolute Gasteiger partial charge is 0.273 e. The summed E-state index contributed by atoms with van der Waals surface area (Å²) in [6.45, 7) is 1.00. The number of fused-ring (bicyclic) bond motifs is 2. The molecule has 0 saturated heterocycles. The molecule has 0 aliphatic carbocycles. The van der Waals surface area contributed by atoms with E-state index in [2.05, 4.69) is 25.2 Å². The molecule has 0 radical (unpaired) electrons. The van der Waals surface area contributed by atoms with Gasteiger partial charge in [-0.2, -0.15) is 0 Å². The minimum Gasteiger partial charge on any atom is -0.326 e. The lowest BCUT2D eigenvalue weighted by Gasteiger charge is -2.10. The molecule has 168 valence electrons. The highest BCUT2D eigenvalue weighted by molar-refractivity contribution is 5.90. The van der Waals surface area contributed by atoms with Gasteiger partial charge in [0.2, 0.25) is 5.91 Å². The maximum Gasteiger partial charge on any atom is 0.273 e.